The summed E-state index contributed by atoms with van der Waals surface area (Å²) in [6.45, 7) is 6.30. The molecule has 6 heteroatoms. The smallest absolute Gasteiger partial charge is 0.303 e. The van der Waals surface area contributed by atoms with Crippen molar-refractivity contribution in [2.75, 3.05) is 13.1 Å². The van der Waals surface area contributed by atoms with Gasteiger partial charge >= 0.3 is 5.97 Å². The third kappa shape index (κ3) is 4.95. The summed E-state index contributed by atoms with van der Waals surface area (Å²) in [5.41, 5.74) is 3.89. The number of hydrogen-bond donors (Lipinski definition) is 2. The molecule has 1 aliphatic rings. The summed E-state index contributed by atoms with van der Waals surface area (Å²) in [5, 5.41) is 9.23. The fourth-order valence-electron chi connectivity index (χ4n) is 3.74. The van der Waals surface area contributed by atoms with E-state index in [0.29, 0.717) is 24.9 Å². The van der Waals surface area contributed by atoms with Gasteiger partial charge in [-0.25, -0.2) is 0 Å². The minimum Gasteiger partial charge on any atom is -0.481 e. The first-order chi connectivity index (χ1) is 13.5. The van der Waals surface area contributed by atoms with E-state index in [2.05, 4.69) is 6.58 Å². The molecule has 1 aromatic rings. The monoisotopic (exact) mass is 386 g/mol. The molecule has 0 aromatic heterocycles. The number of carboxylic acids is 1. The molecule has 0 saturated heterocycles. The van der Waals surface area contributed by atoms with Crippen LogP contribution in [0.4, 0.5) is 4.48 Å². The molecular formula is C22H27FN2O3. The first-order valence-electron chi connectivity index (χ1n) is 9.45. The first-order valence-corrected chi connectivity index (χ1v) is 9.45. The Kier molecular flexibility index (Phi) is 8.14. The Morgan fingerprint density at radius 2 is 2.14 bits per heavy atom. The molecule has 0 spiro atoms. The molecule has 0 radical (unpaired) electrons. The Hall–Kier alpha value is -2.73. The first kappa shape index (κ1) is 21.6. The van der Waals surface area contributed by atoms with Crippen molar-refractivity contribution in [1.29, 1.82) is 0 Å². The van der Waals surface area contributed by atoms with Gasteiger partial charge in [-0.15, -0.1) is 4.48 Å². The number of amides is 1. The highest BCUT2D eigenvalue weighted by atomic mass is 19.2. The molecule has 0 fully saturated rings. The number of rotatable bonds is 10. The lowest BCUT2D eigenvalue weighted by Crippen LogP contribution is -2.49. The number of carboxylic acid groups (broad SMARTS) is 1. The normalized spacial score (nSPS) is 19.7. The number of carbonyl (C=O) groups excluding carboxylic acids is 1. The second-order valence-corrected chi connectivity index (χ2v) is 6.70. The van der Waals surface area contributed by atoms with E-state index in [9.17, 15) is 19.2 Å². The van der Waals surface area contributed by atoms with Crippen molar-refractivity contribution < 1.29 is 19.2 Å². The van der Waals surface area contributed by atoms with Crippen LogP contribution in [0.2, 0.25) is 0 Å². The van der Waals surface area contributed by atoms with Gasteiger partial charge in [0, 0.05) is 31.0 Å². The van der Waals surface area contributed by atoms with E-state index >= 15 is 0 Å². The van der Waals surface area contributed by atoms with Gasteiger partial charge in [-0.2, -0.15) is 5.54 Å². The van der Waals surface area contributed by atoms with Gasteiger partial charge in [-0.1, -0.05) is 49.1 Å². The quantitative estimate of drug-likeness (QED) is 0.362. The van der Waals surface area contributed by atoms with E-state index < -0.39 is 5.97 Å². The van der Waals surface area contributed by atoms with Crippen LogP contribution in [0.1, 0.15) is 48.0 Å². The maximum Gasteiger partial charge on any atom is 0.303 e. The molecule has 0 aliphatic carbocycles. The number of allylic oxidation sites excluding steroid dienone is 3. The fourth-order valence-corrected chi connectivity index (χ4v) is 3.74. The van der Waals surface area contributed by atoms with E-state index in [1.165, 1.54) is 0 Å². The number of benzene rings is 1. The molecular weight excluding hydrogens is 359 g/mol. The SMILES string of the molecule is C=C/C(=C\C=C/C)C1C(CCC(=O)O)c2ccccc2C(=O)N1CCCNF. The topological polar surface area (TPSA) is 69.6 Å². The second-order valence-electron chi connectivity index (χ2n) is 6.70. The van der Waals surface area contributed by atoms with Crippen molar-refractivity contribution in [3.63, 3.8) is 0 Å². The summed E-state index contributed by atoms with van der Waals surface area (Å²) in [4.78, 5) is 26.2. The van der Waals surface area contributed by atoms with Gasteiger partial charge in [0.25, 0.3) is 5.91 Å². The van der Waals surface area contributed by atoms with Crippen molar-refractivity contribution in [2.24, 2.45) is 0 Å². The zero-order chi connectivity index (χ0) is 20.5. The van der Waals surface area contributed by atoms with Crippen LogP contribution in [-0.2, 0) is 4.79 Å². The predicted octanol–water partition coefficient (Wildman–Crippen LogP) is 4.01. The number of nitrogens with one attached hydrogen (secondary N) is 1. The number of carbonyl (C=O) groups is 2. The fraction of sp³-hybridized carbons (Fsp3) is 0.364. The molecule has 0 saturated carbocycles. The minimum atomic E-state index is -0.876. The highest BCUT2D eigenvalue weighted by molar-refractivity contribution is 5.98. The lowest BCUT2D eigenvalue weighted by molar-refractivity contribution is -0.137. The summed E-state index contributed by atoms with van der Waals surface area (Å²) >= 11 is 0. The van der Waals surface area contributed by atoms with E-state index in [4.69, 9.17) is 0 Å². The Bertz CT molecular complexity index is 773. The Labute approximate surface area is 165 Å². The van der Waals surface area contributed by atoms with Crippen LogP contribution in [-0.4, -0.2) is 41.0 Å². The third-order valence-corrected chi connectivity index (χ3v) is 4.97. The van der Waals surface area contributed by atoms with Gasteiger partial charge in [-0.05, 0) is 37.0 Å². The van der Waals surface area contributed by atoms with E-state index in [-0.39, 0.29) is 30.8 Å². The summed E-state index contributed by atoms with van der Waals surface area (Å²) in [6, 6.07) is 6.98. The lowest BCUT2D eigenvalue weighted by Gasteiger charge is -2.43. The van der Waals surface area contributed by atoms with Crippen molar-refractivity contribution in [3.8, 4) is 0 Å². The molecule has 2 unspecified atom stereocenters. The number of hydrogen-bond acceptors (Lipinski definition) is 3. The zero-order valence-corrected chi connectivity index (χ0v) is 16.1. The summed E-state index contributed by atoms with van der Waals surface area (Å²) < 4.78 is 12.4. The number of halogens is 1. The average molecular weight is 386 g/mol. The van der Waals surface area contributed by atoms with Gasteiger partial charge in [0.2, 0.25) is 0 Å². The largest absolute Gasteiger partial charge is 0.481 e. The van der Waals surface area contributed by atoms with Crippen LogP contribution >= 0.6 is 0 Å². The highest BCUT2D eigenvalue weighted by Crippen LogP contribution is 2.40. The predicted molar refractivity (Wildman–Crippen MR) is 108 cm³/mol. The van der Waals surface area contributed by atoms with Crippen LogP contribution in [0.15, 0.2) is 60.7 Å². The molecule has 5 nitrogen and oxygen atoms in total. The Morgan fingerprint density at radius 3 is 2.79 bits per heavy atom. The Balaban J connectivity index is 2.56. The molecule has 2 atom stereocenters. The molecule has 0 bridgehead atoms. The number of nitrogens with zero attached hydrogens (tertiary/aromatic N) is 1. The molecule has 1 aliphatic heterocycles. The molecule has 150 valence electrons. The van der Waals surface area contributed by atoms with Crippen LogP contribution < -0.4 is 5.54 Å². The van der Waals surface area contributed by atoms with Crippen LogP contribution in [0.5, 0.6) is 0 Å². The van der Waals surface area contributed by atoms with Crippen molar-refractivity contribution in [2.45, 2.75) is 38.1 Å². The molecule has 1 heterocycles. The van der Waals surface area contributed by atoms with E-state index in [0.717, 1.165) is 11.1 Å². The highest BCUT2D eigenvalue weighted by Gasteiger charge is 2.40. The van der Waals surface area contributed by atoms with Gasteiger partial charge in [-0.3, -0.25) is 9.59 Å². The van der Waals surface area contributed by atoms with E-state index in [1.54, 1.807) is 28.6 Å². The maximum absolute atomic E-state index is 13.2. The van der Waals surface area contributed by atoms with Crippen molar-refractivity contribution in [3.05, 3.63) is 71.8 Å². The molecule has 28 heavy (non-hydrogen) atoms. The summed E-state index contributed by atoms with van der Waals surface area (Å²) in [6.07, 6.45) is 8.19. The van der Waals surface area contributed by atoms with Gasteiger partial charge < -0.3 is 10.0 Å². The standard InChI is InChI=1S/C22H27FN2O3/c1-3-5-9-16(4-2)21-18(12-13-20(26)27)17-10-6-7-11-19(17)22(28)25(21)15-8-14-24-23/h3-7,9-11,18,21,24H,2,8,12-15H2,1H3,(H,26,27)/b5-3-,16-9+. The van der Waals surface area contributed by atoms with Crippen molar-refractivity contribution in [1.82, 2.24) is 10.4 Å². The number of aliphatic carboxylic acids is 1. The Morgan fingerprint density at radius 1 is 1.39 bits per heavy atom. The second kappa shape index (κ2) is 10.6. The number of fused-ring (bicyclic) bond motifs is 1. The van der Waals surface area contributed by atoms with Gasteiger partial charge in [0.05, 0.1) is 6.04 Å². The molecule has 2 rings (SSSR count). The minimum absolute atomic E-state index is 0.00237. The van der Waals surface area contributed by atoms with Gasteiger partial charge in [0.15, 0.2) is 0 Å². The summed E-state index contributed by atoms with van der Waals surface area (Å²) in [7, 11) is 0. The average Bonchev–Trinajstić information content (AvgIpc) is 2.70. The maximum atomic E-state index is 13.2. The molecule has 1 amide bonds. The van der Waals surface area contributed by atoms with Crippen molar-refractivity contribution >= 4 is 11.9 Å². The third-order valence-electron chi connectivity index (χ3n) is 4.97. The molecule has 2 N–H and O–H groups in total. The van der Waals surface area contributed by atoms with Crippen LogP contribution in [0.25, 0.3) is 0 Å². The lowest BCUT2D eigenvalue weighted by atomic mass is 9.77. The zero-order valence-electron chi connectivity index (χ0n) is 16.1. The molecule has 1 aromatic carbocycles. The van der Waals surface area contributed by atoms with Gasteiger partial charge in [0.1, 0.15) is 0 Å². The van der Waals surface area contributed by atoms with Crippen LogP contribution in [0, 0.1) is 0 Å². The van der Waals surface area contributed by atoms with E-state index in [1.807, 2.05) is 37.3 Å². The summed E-state index contributed by atoms with van der Waals surface area (Å²) in [5.74, 6) is -1.18. The van der Waals surface area contributed by atoms with Crippen LogP contribution in [0.3, 0.4) is 0 Å².